The van der Waals surface area contributed by atoms with Crippen LogP contribution in [0.1, 0.15) is 5.56 Å². The maximum absolute atomic E-state index is 13.2. The number of thiophene rings is 1. The fraction of sp³-hybridized carbons (Fsp3) is 0.0500. The summed E-state index contributed by atoms with van der Waals surface area (Å²) < 4.78 is 32.2. The monoisotopic (exact) mass is 464 g/mol. The number of halogens is 2. The standard InChI is InChI=1S/C20H14Cl2N2O3S2/c21-14-7-9-15(10-8-14)29(25,26)20-19(23-12-13-4-1-2-5-16(13)22)27-18(24-20)17-6-3-11-28-17/h1-11,23H,12H2. The number of nitrogens with one attached hydrogen (secondary N) is 1. The van der Waals surface area contributed by atoms with E-state index in [0.717, 1.165) is 10.4 Å². The number of nitrogens with zero attached hydrogens (tertiary/aromatic N) is 1. The van der Waals surface area contributed by atoms with Gasteiger partial charge in [0, 0.05) is 16.6 Å². The maximum atomic E-state index is 13.2. The molecule has 148 valence electrons. The van der Waals surface area contributed by atoms with E-state index in [9.17, 15) is 8.42 Å². The van der Waals surface area contributed by atoms with Crippen LogP contribution >= 0.6 is 34.5 Å². The highest BCUT2D eigenvalue weighted by Gasteiger charge is 2.28. The molecular weight excluding hydrogens is 451 g/mol. The third-order valence-corrected chi connectivity index (χ3v) is 7.26. The van der Waals surface area contributed by atoms with E-state index in [1.54, 1.807) is 6.07 Å². The number of anilines is 1. The van der Waals surface area contributed by atoms with Crippen molar-refractivity contribution in [3.05, 3.63) is 81.7 Å². The largest absolute Gasteiger partial charge is 0.418 e. The van der Waals surface area contributed by atoms with Crippen LogP contribution in [0.3, 0.4) is 0 Å². The van der Waals surface area contributed by atoms with E-state index < -0.39 is 9.84 Å². The van der Waals surface area contributed by atoms with E-state index in [0.29, 0.717) is 10.0 Å². The minimum Gasteiger partial charge on any atom is -0.418 e. The molecule has 0 fully saturated rings. The number of rotatable bonds is 6. The molecule has 0 spiro atoms. The molecule has 0 atom stereocenters. The smallest absolute Gasteiger partial charge is 0.240 e. The first-order valence-electron chi connectivity index (χ1n) is 8.48. The molecule has 1 N–H and O–H groups in total. The molecule has 4 aromatic rings. The van der Waals surface area contributed by atoms with Crippen molar-refractivity contribution in [2.45, 2.75) is 16.5 Å². The van der Waals surface area contributed by atoms with Gasteiger partial charge in [0.15, 0.2) is 0 Å². The zero-order valence-electron chi connectivity index (χ0n) is 14.8. The fourth-order valence-electron chi connectivity index (χ4n) is 2.65. The summed E-state index contributed by atoms with van der Waals surface area (Å²) in [7, 11) is -3.93. The summed E-state index contributed by atoms with van der Waals surface area (Å²) in [6.45, 7) is 0.280. The summed E-state index contributed by atoms with van der Waals surface area (Å²) in [6.07, 6.45) is 0. The molecule has 2 aromatic heterocycles. The molecular formula is C20H14Cl2N2O3S2. The molecule has 0 saturated heterocycles. The van der Waals surface area contributed by atoms with Gasteiger partial charge in [-0.3, -0.25) is 0 Å². The molecule has 2 aromatic carbocycles. The first-order valence-corrected chi connectivity index (χ1v) is 11.6. The molecule has 2 heterocycles. The Bertz CT molecular complexity index is 1240. The van der Waals surface area contributed by atoms with Crippen LogP contribution in [0.15, 0.2) is 80.4 Å². The highest BCUT2D eigenvalue weighted by atomic mass is 35.5. The summed E-state index contributed by atoms with van der Waals surface area (Å²) in [5.74, 6) is 0.289. The van der Waals surface area contributed by atoms with Gasteiger partial charge in [-0.25, -0.2) is 8.42 Å². The predicted molar refractivity (Wildman–Crippen MR) is 115 cm³/mol. The summed E-state index contributed by atoms with van der Waals surface area (Å²) in [5.41, 5.74) is 0.804. The van der Waals surface area contributed by atoms with E-state index in [2.05, 4.69) is 10.3 Å². The second kappa shape index (κ2) is 8.20. The molecule has 0 aliphatic rings. The van der Waals surface area contributed by atoms with Crippen molar-refractivity contribution in [3.63, 3.8) is 0 Å². The van der Waals surface area contributed by atoms with Gasteiger partial charge in [-0.05, 0) is 47.3 Å². The number of oxazole rings is 1. The molecule has 0 aliphatic carbocycles. The lowest BCUT2D eigenvalue weighted by Crippen LogP contribution is -2.07. The molecule has 4 rings (SSSR count). The Balaban J connectivity index is 1.75. The van der Waals surface area contributed by atoms with Gasteiger partial charge in [0.2, 0.25) is 26.6 Å². The van der Waals surface area contributed by atoms with Crippen LogP contribution in [0, 0.1) is 0 Å². The summed E-state index contributed by atoms with van der Waals surface area (Å²) >= 11 is 13.5. The van der Waals surface area contributed by atoms with Gasteiger partial charge < -0.3 is 9.73 Å². The van der Waals surface area contributed by atoms with Gasteiger partial charge in [-0.1, -0.05) is 47.5 Å². The van der Waals surface area contributed by atoms with Gasteiger partial charge in [0.05, 0.1) is 9.77 Å². The molecule has 9 heteroatoms. The molecule has 0 bridgehead atoms. The van der Waals surface area contributed by atoms with E-state index in [-0.39, 0.29) is 28.2 Å². The van der Waals surface area contributed by atoms with Gasteiger partial charge in [-0.15, -0.1) is 11.3 Å². The first-order chi connectivity index (χ1) is 13.9. The Morgan fingerprint density at radius 3 is 2.45 bits per heavy atom. The van der Waals surface area contributed by atoms with Crippen molar-refractivity contribution in [1.29, 1.82) is 0 Å². The van der Waals surface area contributed by atoms with Crippen LogP contribution < -0.4 is 5.32 Å². The molecule has 0 radical (unpaired) electrons. The van der Waals surface area contributed by atoms with E-state index in [1.165, 1.54) is 35.6 Å². The highest BCUT2D eigenvalue weighted by Crippen LogP contribution is 2.34. The van der Waals surface area contributed by atoms with Crippen molar-refractivity contribution in [1.82, 2.24) is 4.98 Å². The summed E-state index contributed by atoms with van der Waals surface area (Å²) in [6, 6.07) is 16.9. The quantitative estimate of drug-likeness (QED) is 0.370. The number of aromatic nitrogens is 1. The lowest BCUT2D eigenvalue weighted by molar-refractivity contribution is 0.577. The van der Waals surface area contributed by atoms with Gasteiger partial charge in [0.1, 0.15) is 0 Å². The van der Waals surface area contributed by atoms with Crippen molar-refractivity contribution >= 4 is 50.3 Å². The number of hydrogen-bond donors (Lipinski definition) is 1. The van der Waals surface area contributed by atoms with Crippen LogP contribution in [0.25, 0.3) is 10.8 Å². The van der Waals surface area contributed by atoms with Crippen LogP contribution in [0.4, 0.5) is 5.88 Å². The third-order valence-electron chi connectivity index (χ3n) is 4.10. The SMILES string of the molecule is O=S(=O)(c1ccc(Cl)cc1)c1nc(-c2cccs2)oc1NCc1ccccc1Cl. The van der Waals surface area contributed by atoms with Crippen LogP contribution in [-0.4, -0.2) is 13.4 Å². The Hall–Kier alpha value is -2.32. The molecule has 0 amide bonds. The Morgan fingerprint density at radius 2 is 1.76 bits per heavy atom. The van der Waals surface area contributed by atoms with Crippen molar-refractivity contribution in [2.24, 2.45) is 0 Å². The van der Waals surface area contributed by atoms with Gasteiger partial charge >= 0.3 is 0 Å². The molecule has 0 aliphatic heterocycles. The number of sulfone groups is 1. The van der Waals surface area contributed by atoms with Crippen LogP contribution in [0.2, 0.25) is 10.0 Å². The second-order valence-corrected chi connectivity index (χ2v) is 9.69. The van der Waals surface area contributed by atoms with Crippen molar-refractivity contribution in [2.75, 3.05) is 5.32 Å². The minimum atomic E-state index is -3.93. The lowest BCUT2D eigenvalue weighted by Gasteiger charge is -2.07. The van der Waals surface area contributed by atoms with Crippen LogP contribution in [-0.2, 0) is 16.4 Å². The average molecular weight is 465 g/mol. The molecule has 5 nitrogen and oxygen atoms in total. The molecule has 0 saturated carbocycles. The number of benzene rings is 2. The first kappa shape index (κ1) is 20.0. The highest BCUT2D eigenvalue weighted by molar-refractivity contribution is 7.91. The van der Waals surface area contributed by atoms with Crippen molar-refractivity contribution in [3.8, 4) is 10.8 Å². The second-order valence-electron chi connectivity index (χ2n) is 6.03. The van der Waals surface area contributed by atoms with E-state index >= 15 is 0 Å². The lowest BCUT2D eigenvalue weighted by atomic mass is 10.2. The average Bonchev–Trinajstić information content (AvgIpc) is 3.38. The zero-order chi connectivity index (χ0) is 20.4. The summed E-state index contributed by atoms with van der Waals surface area (Å²) in [4.78, 5) is 5.09. The van der Waals surface area contributed by atoms with Crippen molar-refractivity contribution < 1.29 is 12.8 Å². The predicted octanol–water partition coefficient (Wildman–Crippen LogP) is 6.15. The topological polar surface area (TPSA) is 72.2 Å². The Kier molecular flexibility index (Phi) is 5.65. The molecule has 0 unspecified atom stereocenters. The minimum absolute atomic E-state index is 0.0586. The Morgan fingerprint density at radius 1 is 1.00 bits per heavy atom. The van der Waals surface area contributed by atoms with Gasteiger partial charge in [-0.2, -0.15) is 4.98 Å². The maximum Gasteiger partial charge on any atom is 0.240 e. The summed E-state index contributed by atoms with van der Waals surface area (Å²) in [5, 5.41) is 5.72. The van der Waals surface area contributed by atoms with Gasteiger partial charge in [0.25, 0.3) is 0 Å². The van der Waals surface area contributed by atoms with E-state index in [4.69, 9.17) is 27.6 Å². The Labute approximate surface area is 181 Å². The normalized spacial score (nSPS) is 11.5. The zero-order valence-corrected chi connectivity index (χ0v) is 17.9. The third kappa shape index (κ3) is 4.18. The number of hydrogen-bond acceptors (Lipinski definition) is 6. The fourth-order valence-corrected chi connectivity index (χ4v) is 4.90. The van der Waals surface area contributed by atoms with E-state index in [1.807, 2.05) is 35.7 Å². The molecule has 29 heavy (non-hydrogen) atoms. The van der Waals surface area contributed by atoms with Crippen LogP contribution in [0.5, 0.6) is 0 Å².